The first-order valence-corrected chi connectivity index (χ1v) is 14.6. The zero-order valence-electron chi connectivity index (χ0n) is 24.9. The van der Waals surface area contributed by atoms with Crippen molar-refractivity contribution >= 4 is 35.1 Å². The average molecular weight is 600 g/mol. The smallest absolute Gasteiger partial charge is 0.308 e. The topological polar surface area (TPSA) is 99.2 Å². The molecule has 2 heterocycles. The molecule has 4 aromatic rings. The van der Waals surface area contributed by atoms with Crippen LogP contribution in [0.2, 0.25) is 0 Å². The number of ether oxygens (including phenoxy) is 3. The molecule has 0 N–H and O–H groups in total. The van der Waals surface area contributed by atoms with E-state index in [9.17, 15) is 19.2 Å². The highest BCUT2D eigenvalue weighted by Crippen LogP contribution is 2.62. The summed E-state index contributed by atoms with van der Waals surface area (Å²) in [5.41, 5.74) is 1.50. The van der Waals surface area contributed by atoms with Crippen LogP contribution in [-0.4, -0.2) is 49.6 Å². The van der Waals surface area contributed by atoms with E-state index in [2.05, 4.69) is 0 Å². The summed E-state index contributed by atoms with van der Waals surface area (Å²) < 4.78 is 16.5. The van der Waals surface area contributed by atoms with E-state index in [1.54, 1.807) is 73.8 Å². The van der Waals surface area contributed by atoms with E-state index in [1.165, 1.54) is 14.0 Å². The highest BCUT2D eigenvalue weighted by Gasteiger charge is 2.72. The molecule has 8 heteroatoms. The van der Waals surface area contributed by atoms with Crippen LogP contribution in [0.3, 0.4) is 0 Å². The van der Waals surface area contributed by atoms with Crippen LogP contribution in [0.4, 0.5) is 5.69 Å². The van der Waals surface area contributed by atoms with Gasteiger partial charge in [-0.3, -0.25) is 19.2 Å². The largest absolute Gasteiger partial charge is 0.497 e. The van der Waals surface area contributed by atoms with Gasteiger partial charge < -0.3 is 19.1 Å². The molecule has 224 valence electrons. The minimum Gasteiger partial charge on any atom is -0.497 e. The van der Waals surface area contributed by atoms with E-state index >= 15 is 0 Å². The van der Waals surface area contributed by atoms with E-state index in [0.717, 1.165) is 11.3 Å². The Kier molecular flexibility index (Phi) is 6.66. The Morgan fingerprint density at radius 3 is 2.07 bits per heavy atom. The zero-order valence-corrected chi connectivity index (χ0v) is 24.9. The Labute approximate surface area is 259 Å². The van der Waals surface area contributed by atoms with Crippen LogP contribution in [0.25, 0.3) is 6.08 Å². The fraction of sp³-hybridized carbons (Fsp3) is 0.189. The summed E-state index contributed by atoms with van der Waals surface area (Å²) in [6, 6.07) is 24.3. The molecule has 3 unspecified atom stereocenters. The molecule has 0 saturated carbocycles. The highest BCUT2D eigenvalue weighted by atomic mass is 16.5. The number of methoxy groups -OCH3 is 2. The number of anilines is 1. The minimum absolute atomic E-state index is 0.296. The number of nitrogens with zero attached hydrogens (tertiary/aromatic N) is 1. The fourth-order valence-corrected chi connectivity index (χ4v) is 7.36. The van der Waals surface area contributed by atoms with Crippen LogP contribution >= 0.6 is 0 Å². The van der Waals surface area contributed by atoms with Gasteiger partial charge in [0.05, 0.1) is 20.3 Å². The van der Waals surface area contributed by atoms with Gasteiger partial charge in [-0.05, 0) is 42.0 Å². The number of para-hydroxylation sites is 1. The van der Waals surface area contributed by atoms with Gasteiger partial charge in [0.15, 0.2) is 17.3 Å². The maximum Gasteiger partial charge on any atom is 0.308 e. The van der Waals surface area contributed by atoms with Crippen LogP contribution in [0, 0.1) is 5.41 Å². The summed E-state index contributed by atoms with van der Waals surface area (Å²) in [6.07, 6.45) is 3.80. The number of hydrogen-bond donors (Lipinski definition) is 0. The summed E-state index contributed by atoms with van der Waals surface area (Å²) in [7, 11) is 3.06. The molecule has 1 saturated heterocycles. The van der Waals surface area contributed by atoms with Gasteiger partial charge in [0.25, 0.3) is 0 Å². The number of esters is 1. The Morgan fingerprint density at radius 1 is 0.778 bits per heavy atom. The number of Topliss-reactive ketones (excluding diaryl/α,β-unsaturated/α-hetero) is 3. The molecule has 1 aliphatic carbocycles. The lowest BCUT2D eigenvalue weighted by molar-refractivity contribution is -0.131. The second kappa shape index (κ2) is 10.6. The van der Waals surface area contributed by atoms with Gasteiger partial charge in [0.1, 0.15) is 28.7 Å². The zero-order chi connectivity index (χ0) is 31.5. The van der Waals surface area contributed by atoms with Crippen molar-refractivity contribution in [2.24, 2.45) is 5.41 Å². The third-order valence-corrected chi connectivity index (χ3v) is 9.16. The molecule has 0 bridgehead atoms. The van der Waals surface area contributed by atoms with E-state index in [-0.39, 0.29) is 17.3 Å². The monoisotopic (exact) mass is 599 g/mol. The number of carbonyl (C=O) groups excluding carboxylic acids is 4. The molecular weight excluding hydrogens is 570 g/mol. The van der Waals surface area contributed by atoms with Crippen LogP contribution in [-0.2, 0) is 4.79 Å². The first-order chi connectivity index (χ1) is 21.8. The summed E-state index contributed by atoms with van der Waals surface area (Å²) in [4.78, 5) is 58.1. The van der Waals surface area contributed by atoms with Crippen molar-refractivity contribution in [1.29, 1.82) is 0 Å². The predicted octanol–water partition coefficient (Wildman–Crippen LogP) is 5.95. The van der Waals surface area contributed by atoms with Gasteiger partial charge in [-0.15, -0.1) is 0 Å². The second-order valence-electron chi connectivity index (χ2n) is 11.4. The van der Waals surface area contributed by atoms with Gasteiger partial charge in [0.2, 0.25) is 0 Å². The standard InChI is InChI=1S/C37H29NO7/c1-21(39)45-24-15-12-23(13-16-24)34(40)33-32(28-18-17-25(43-2)20-30(28)44-3)37(35(41)26-9-5-6-10-27(26)36(37)42)31-19-14-22-8-4-7-11-29(22)38(31)33/h4-20,31-33H,1-3H3. The summed E-state index contributed by atoms with van der Waals surface area (Å²) >= 11 is 0. The molecule has 8 nitrogen and oxygen atoms in total. The Morgan fingerprint density at radius 2 is 1.42 bits per heavy atom. The van der Waals surface area contributed by atoms with Gasteiger partial charge in [0, 0.05) is 46.8 Å². The van der Waals surface area contributed by atoms with Crippen LogP contribution in [0.5, 0.6) is 17.2 Å². The van der Waals surface area contributed by atoms with Crippen molar-refractivity contribution in [2.45, 2.75) is 24.9 Å². The molecule has 2 aliphatic heterocycles. The highest BCUT2D eigenvalue weighted by molar-refractivity contribution is 6.32. The lowest BCUT2D eigenvalue weighted by Gasteiger charge is -2.37. The second-order valence-corrected chi connectivity index (χ2v) is 11.4. The van der Waals surface area contributed by atoms with Crippen molar-refractivity contribution in [3.63, 3.8) is 0 Å². The van der Waals surface area contributed by atoms with E-state index < -0.39 is 29.4 Å². The van der Waals surface area contributed by atoms with Crippen LogP contribution in [0.15, 0.2) is 97.1 Å². The molecule has 0 radical (unpaired) electrons. The lowest BCUT2D eigenvalue weighted by atomic mass is 9.64. The molecule has 45 heavy (non-hydrogen) atoms. The predicted molar refractivity (Wildman–Crippen MR) is 167 cm³/mol. The lowest BCUT2D eigenvalue weighted by Crippen LogP contribution is -2.48. The summed E-state index contributed by atoms with van der Waals surface area (Å²) in [5, 5.41) is 0. The normalized spacial score (nSPS) is 20.4. The molecule has 3 atom stereocenters. The van der Waals surface area contributed by atoms with E-state index in [0.29, 0.717) is 39.5 Å². The van der Waals surface area contributed by atoms with Crippen molar-refractivity contribution < 1.29 is 33.4 Å². The third-order valence-electron chi connectivity index (χ3n) is 9.16. The average Bonchev–Trinajstić information content (AvgIpc) is 3.50. The van der Waals surface area contributed by atoms with Crippen molar-refractivity contribution in [1.82, 2.24) is 0 Å². The molecule has 7 rings (SSSR count). The van der Waals surface area contributed by atoms with Gasteiger partial charge >= 0.3 is 5.97 Å². The van der Waals surface area contributed by atoms with E-state index in [4.69, 9.17) is 14.2 Å². The van der Waals surface area contributed by atoms with Crippen molar-refractivity contribution in [3.05, 3.63) is 125 Å². The Balaban J connectivity index is 1.52. The molecule has 1 fully saturated rings. The Hall–Kier alpha value is -5.50. The maximum absolute atomic E-state index is 14.9. The number of carbonyl (C=O) groups is 4. The SMILES string of the molecule is COc1ccc(C2C(C(=O)c3ccc(OC(C)=O)cc3)N3c4ccccc4C=CC3C23C(=O)c2ccccc2C3=O)c(OC)c1. The molecular formula is C37H29NO7. The third kappa shape index (κ3) is 4.05. The minimum atomic E-state index is -1.67. The quantitative estimate of drug-likeness (QED) is 0.116. The molecule has 0 aromatic heterocycles. The first-order valence-electron chi connectivity index (χ1n) is 14.6. The Bertz CT molecular complexity index is 1890. The molecule has 0 amide bonds. The summed E-state index contributed by atoms with van der Waals surface area (Å²) in [6.45, 7) is 1.30. The van der Waals surface area contributed by atoms with Gasteiger partial charge in [-0.2, -0.15) is 0 Å². The number of benzene rings is 4. The molecule has 3 aliphatic rings. The number of ketones is 3. The van der Waals surface area contributed by atoms with Gasteiger partial charge in [-0.1, -0.05) is 60.7 Å². The molecule has 1 spiro atoms. The van der Waals surface area contributed by atoms with Gasteiger partial charge in [-0.25, -0.2) is 0 Å². The summed E-state index contributed by atoms with van der Waals surface area (Å²) in [5.74, 6) is -1.15. The number of hydrogen-bond acceptors (Lipinski definition) is 8. The number of rotatable bonds is 6. The fourth-order valence-electron chi connectivity index (χ4n) is 7.36. The van der Waals surface area contributed by atoms with Crippen molar-refractivity contribution in [3.8, 4) is 17.2 Å². The first kappa shape index (κ1) is 28.3. The maximum atomic E-state index is 14.9. The van der Waals surface area contributed by atoms with Crippen LogP contribution in [0.1, 0.15) is 55.0 Å². The van der Waals surface area contributed by atoms with Crippen molar-refractivity contribution in [2.75, 3.05) is 19.1 Å². The number of fused-ring (bicyclic) bond motifs is 5. The molecule has 4 aromatic carbocycles. The van der Waals surface area contributed by atoms with Crippen LogP contribution < -0.4 is 19.1 Å². The van der Waals surface area contributed by atoms with E-state index in [1.807, 2.05) is 41.3 Å².